The van der Waals surface area contributed by atoms with Crippen molar-refractivity contribution in [3.05, 3.63) is 39.2 Å². The number of amides is 1. The summed E-state index contributed by atoms with van der Waals surface area (Å²) in [5.41, 5.74) is 2.26. The summed E-state index contributed by atoms with van der Waals surface area (Å²) in [6.45, 7) is 4.48. The molecule has 2 aromatic heterocycles. The second-order valence-electron chi connectivity index (χ2n) is 7.23. The molecule has 1 aliphatic rings. The van der Waals surface area contributed by atoms with Crippen molar-refractivity contribution in [2.75, 3.05) is 30.4 Å². The van der Waals surface area contributed by atoms with Crippen LogP contribution < -0.4 is 5.32 Å². The third-order valence-electron chi connectivity index (χ3n) is 5.32. The molecule has 3 heterocycles. The van der Waals surface area contributed by atoms with Gasteiger partial charge < -0.3 is 9.88 Å². The van der Waals surface area contributed by atoms with Gasteiger partial charge in [-0.25, -0.2) is 8.42 Å². The summed E-state index contributed by atoms with van der Waals surface area (Å²) >= 11 is 1.62. The van der Waals surface area contributed by atoms with Gasteiger partial charge in [0.05, 0.1) is 30.2 Å². The number of carbonyl (C=O) groups excluding carboxylic acids is 1. The van der Waals surface area contributed by atoms with E-state index in [4.69, 9.17) is 0 Å². The molecule has 0 bridgehead atoms. The molecule has 0 radical (unpaired) electrons. The van der Waals surface area contributed by atoms with E-state index in [2.05, 4.69) is 11.4 Å². The number of hydrogen-bond donors (Lipinski definition) is 1. The number of rotatable bonds is 6. The average Bonchev–Trinajstić information content (AvgIpc) is 3.31. The number of hydrogen-bond acceptors (Lipinski definition) is 6. The molecular weight excluding hydrogens is 396 g/mol. The van der Waals surface area contributed by atoms with Crippen molar-refractivity contribution in [2.45, 2.75) is 32.9 Å². The molecule has 0 aromatic carbocycles. The van der Waals surface area contributed by atoms with Gasteiger partial charge in [0.15, 0.2) is 9.84 Å². The maximum Gasteiger partial charge on any atom is 0.239 e. The molecule has 1 saturated heterocycles. The third-order valence-corrected chi connectivity index (χ3v) is 7.93. The Hall–Kier alpha value is -2.15. The van der Waals surface area contributed by atoms with Crippen molar-refractivity contribution in [1.29, 1.82) is 5.26 Å². The molecule has 28 heavy (non-hydrogen) atoms. The zero-order chi connectivity index (χ0) is 20.5. The Labute approximate surface area is 169 Å². The molecule has 3 rings (SSSR count). The van der Waals surface area contributed by atoms with E-state index in [9.17, 15) is 18.5 Å². The largest absolute Gasteiger partial charge is 0.325 e. The van der Waals surface area contributed by atoms with Crippen LogP contribution >= 0.6 is 11.3 Å². The van der Waals surface area contributed by atoms with Crippen LogP contribution in [0.15, 0.2) is 17.5 Å². The predicted octanol–water partition coefficient (Wildman–Crippen LogP) is 2.14. The first-order chi connectivity index (χ1) is 13.2. The van der Waals surface area contributed by atoms with E-state index in [0.717, 1.165) is 16.1 Å². The van der Waals surface area contributed by atoms with Gasteiger partial charge in [-0.2, -0.15) is 5.26 Å². The molecule has 9 heteroatoms. The van der Waals surface area contributed by atoms with E-state index in [1.54, 1.807) is 23.3 Å². The molecule has 0 spiro atoms. The number of aromatic nitrogens is 1. The van der Waals surface area contributed by atoms with Gasteiger partial charge in [0, 0.05) is 16.6 Å². The Morgan fingerprint density at radius 2 is 2.21 bits per heavy atom. The second kappa shape index (κ2) is 8.07. The van der Waals surface area contributed by atoms with Crippen LogP contribution in [0, 0.1) is 25.2 Å². The van der Waals surface area contributed by atoms with Gasteiger partial charge in [0.25, 0.3) is 0 Å². The number of nitrogens with zero attached hydrogens (tertiary/aromatic N) is 3. The molecule has 1 aliphatic heterocycles. The van der Waals surface area contributed by atoms with Crippen LogP contribution in [0.4, 0.5) is 5.82 Å². The lowest BCUT2D eigenvalue weighted by Crippen LogP contribution is -2.39. The molecular formula is C19H24N4O3S2. The molecule has 0 saturated carbocycles. The molecule has 1 atom stereocenters. The average molecular weight is 421 g/mol. The SMILES string of the molecule is Cc1c(C#N)c(NC(=O)CN(C)C2CCS(=O)(=O)C2)n(Cc2cccs2)c1C. The predicted molar refractivity (Wildman–Crippen MR) is 110 cm³/mol. The molecule has 1 amide bonds. The van der Waals surface area contributed by atoms with Gasteiger partial charge in [-0.3, -0.25) is 9.69 Å². The van der Waals surface area contributed by atoms with E-state index >= 15 is 0 Å². The van der Waals surface area contributed by atoms with Crippen LogP contribution in [0.3, 0.4) is 0 Å². The summed E-state index contributed by atoms with van der Waals surface area (Å²) in [4.78, 5) is 15.6. The molecule has 7 nitrogen and oxygen atoms in total. The number of likely N-dealkylation sites (N-methyl/N-ethyl adjacent to an activating group) is 1. The summed E-state index contributed by atoms with van der Waals surface area (Å²) < 4.78 is 25.3. The normalized spacial score (nSPS) is 18.3. The molecule has 150 valence electrons. The Morgan fingerprint density at radius 1 is 1.46 bits per heavy atom. The van der Waals surface area contributed by atoms with E-state index in [0.29, 0.717) is 24.3 Å². The van der Waals surface area contributed by atoms with Crippen molar-refractivity contribution < 1.29 is 13.2 Å². The van der Waals surface area contributed by atoms with Crippen molar-refractivity contribution in [3.8, 4) is 6.07 Å². The van der Waals surface area contributed by atoms with Crippen LogP contribution in [0.5, 0.6) is 0 Å². The summed E-state index contributed by atoms with van der Waals surface area (Å²) in [7, 11) is -1.24. The molecule has 1 unspecified atom stereocenters. The zero-order valence-corrected chi connectivity index (χ0v) is 17.9. The Bertz CT molecular complexity index is 1020. The lowest BCUT2D eigenvalue weighted by Gasteiger charge is -2.22. The second-order valence-corrected chi connectivity index (χ2v) is 10.5. The highest BCUT2D eigenvalue weighted by atomic mass is 32.2. The Kier molecular flexibility index (Phi) is 5.93. The lowest BCUT2D eigenvalue weighted by molar-refractivity contribution is -0.117. The fraction of sp³-hybridized carbons (Fsp3) is 0.474. The number of nitrogens with one attached hydrogen (secondary N) is 1. The molecule has 2 aromatic rings. The van der Waals surface area contributed by atoms with Crippen molar-refractivity contribution >= 4 is 32.9 Å². The number of thiophene rings is 1. The third kappa shape index (κ3) is 4.29. The summed E-state index contributed by atoms with van der Waals surface area (Å²) in [5.74, 6) is 0.508. The minimum absolute atomic E-state index is 0.0767. The summed E-state index contributed by atoms with van der Waals surface area (Å²) in [6, 6.07) is 6.05. The number of nitriles is 1. The minimum atomic E-state index is -3.00. The maximum absolute atomic E-state index is 12.7. The van der Waals surface area contributed by atoms with Gasteiger partial charge in [0.2, 0.25) is 5.91 Å². The zero-order valence-electron chi connectivity index (χ0n) is 16.2. The van der Waals surface area contributed by atoms with Crippen LogP contribution in [-0.4, -0.2) is 54.9 Å². The highest BCUT2D eigenvalue weighted by molar-refractivity contribution is 7.91. The first kappa shape index (κ1) is 20.6. The molecule has 1 fully saturated rings. The fourth-order valence-electron chi connectivity index (χ4n) is 3.54. The monoisotopic (exact) mass is 420 g/mol. The number of sulfone groups is 1. The van der Waals surface area contributed by atoms with Gasteiger partial charge in [-0.05, 0) is 44.3 Å². The standard InChI is InChI=1S/C19H24N4O3S2/c1-13-14(2)23(10-16-5-4-7-27-16)19(17(13)9-20)21-18(24)11-22(3)15-6-8-28(25,26)12-15/h4-5,7,15H,6,8,10-12H2,1-3H3,(H,21,24). The van der Waals surface area contributed by atoms with Crippen LogP contribution in [0.1, 0.15) is 28.1 Å². The van der Waals surface area contributed by atoms with Crippen LogP contribution in [-0.2, 0) is 21.2 Å². The summed E-state index contributed by atoms with van der Waals surface area (Å²) in [5, 5.41) is 14.5. The molecule has 0 aliphatic carbocycles. The van der Waals surface area contributed by atoms with Gasteiger partial charge >= 0.3 is 0 Å². The van der Waals surface area contributed by atoms with Crippen molar-refractivity contribution in [3.63, 3.8) is 0 Å². The number of carbonyl (C=O) groups is 1. The van der Waals surface area contributed by atoms with Gasteiger partial charge in [-0.1, -0.05) is 6.07 Å². The smallest absolute Gasteiger partial charge is 0.239 e. The van der Waals surface area contributed by atoms with Crippen LogP contribution in [0.2, 0.25) is 0 Å². The van der Waals surface area contributed by atoms with Crippen molar-refractivity contribution in [1.82, 2.24) is 9.47 Å². The fourth-order valence-corrected chi connectivity index (χ4v) is 6.03. The maximum atomic E-state index is 12.7. The van der Waals surface area contributed by atoms with Crippen molar-refractivity contribution in [2.24, 2.45) is 0 Å². The number of anilines is 1. The Morgan fingerprint density at radius 3 is 2.79 bits per heavy atom. The first-order valence-corrected chi connectivity index (χ1v) is 11.7. The molecule has 1 N–H and O–H groups in total. The lowest BCUT2D eigenvalue weighted by atomic mass is 10.2. The van der Waals surface area contributed by atoms with Gasteiger partial charge in [-0.15, -0.1) is 11.3 Å². The minimum Gasteiger partial charge on any atom is -0.325 e. The quantitative estimate of drug-likeness (QED) is 0.773. The van der Waals surface area contributed by atoms with E-state index < -0.39 is 9.84 Å². The van der Waals surface area contributed by atoms with Crippen LogP contribution in [0.25, 0.3) is 0 Å². The van der Waals surface area contributed by atoms with E-state index in [1.807, 2.05) is 35.9 Å². The van der Waals surface area contributed by atoms with E-state index in [1.165, 1.54) is 0 Å². The van der Waals surface area contributed by atoms with E-state index in [-0.39, 0.29) is 30.0 Å². The van der Waals surface area contributed by atoms with Gasteiger partial charge in [0.1, 0.15) is 11.9 Å². The Balaban J connectivity index is 1.78. The topological polar surface area (TPSA) is 95.2 Å². The highest BCUT2D eigenvalue weighted by Gasteiger charge is 2.31. The highest BCUT2D eigenvalue weighted by Crippen LogP contribution is 2.28. The first-order valence-electron chi connectivity index (χ1n) is 9.04. The summed E-state index contributed by atoms with van der Waals surface area (Å²) in [6.07, 6.45) is 0.544.